The number of benzene rings is 1. The number of amides is 2. The van der Waals surface area contributed by atoms with Crippen molar-refractivity contribution < 1.29 is 14.7 Å². The number of carbonyl (C=O) groups excluding carboxylic acids is 1. The van der Waals surface area contributed by atoms with Crippen LogP contribution in [0.1, 0.15) is 26.3 Å². The molecule has 0 aromatic heterocycles. The van der Waals surface area contributed by atoms with Crippen LogP contribution in [0.3, 0.4) is 0 Å². The van der Waals surface area contributed by atoms with E-state index in [1.165, 1.54) is 9.80 Å². The van der Waals surface area contributed by atoms with E-state index in [1.54, 1.807) is 14.1 Å². The van der Waals surface area contributed by atoms with Crippen LogP contribution in [-0.2, 0) is 11.3 Å². The summed E-state index contributed by atoms with van der Waals surface area (Å²) in [4.78, 5) is 26.8. The standard InChI is InChI=1S/C16H24N2O3/c1-16(2,3)13(14(19)17(4)5)18(15(20)21)11-12-9-7-6-8-10-12/h6-10,13H,11H2,1-5H3,(H,20,21)/t13-/m1/s1. The topological polar surface area (TPSA) is 60.9 Å². The highest BCUT2D eigenvalue weighted by molar-refractivity contribution is 5.85. The van der Waals surface area contributed by atoms with Crippen LogP contribution in [-0.4, -0.2) is 47.0 Å². The summed E-state index contributed by atoms with van der Waals surface area (Å²) in [5, 5.41) is 9.55. The molecule has 1 rings (SSSR count). The first kappa shape index (κ1) is 17.0. The molecule has 5 nitrogen and oxygen atoms in total. The van der Waals surface area contributed by atoms with Gasteiger partial charge in [0.25, 0.3) is 0 Å². The number of rotatable bonds is 4. The van der Waals surface area contributed by atoms with Gasteiger partial charge in [-0.3, -0.25) is 9.69 Å². The van der Waals surface area contributed by atoms with Crippen LogP contribution in [0.15, 0.2) is 30.3 Å². The zero-order valence-corrected chi connectivity index (χ0v) is 13.3. The Morgan fingerprint density at radius 3 is 2.05 bits per heavy atom. The van der Waals surface area contributed by atoms with Gasteiger partial charge in [0.05, 0.1) is 0 Å². The molecule has 0 heterocycles. The summed E-state index contributed by atoms with van der Waals surface area (Å²) in [6.07, 6.45) is -1.09. The SMILES string of the molecule is CN(C)C(=O)[C@@H](N(Cc1ccccc1)C(=O)O)C(C)(C)C. The zero-order valence-electron chi connectivity index (χ0n) is 13.3. The quantitative estimate of drug-likeness (QED) is 0.928. The van der Waals surface area contributed by atoms with Crippen LogP contribution >= 0.6 is 0 Å². The lowest BCUT2D eigenvalue weighted by Crippen LogP contribution is -2.54. The van der Waals surface area contributed by atoms with Crippen LogP contribution in [0.25, 0.3) is 0 Å². The van der Waals surface area contributed by atoms with Crippen LogP contribution < -0.4 is 0 Å². The minimum absolute atomic E-state index is 0.192. The summed E-state index contributed by atoms with van der Waals surface area (Å²) in [5.74, 6) is -0.208. The first-order valence-corrected chi connectivity index (χ1v) is 6.89. The van der Waals surface area contributed by atoms with Crippen LogP contribution in [0.4, 0.5) is 4.79 Å². The van der Waals surface area contributed by atoms with Crippen LogP contribution in [0.5, 0.6) is 0 Å². The minimum Gasteiger partial charge on any atom is -0.465 e. The second kappa shape index (κ2) is 6.61. The fraction of sp³-hybridized carbons (Fsp3) is 0.500. The van der Waals surface area contributed by atoms with E-state index in [4.69, 9.17) is 0 Å². The van der Waals surface area contributed by atoms with E-state index in [2.05, 4.69) is 0 Å². The van der Waals surface area contributed by atoms with E-state index < -0.39 is 17.6 Å². The van der Waals surface area contributed by atoms with Gasteiger partial charge in [0.2, 0.25) is 5.91 Å². The molecule has 0 saturated carbocycles. The molecule has 0 saturated heterocycles. The van der Waals surface area contributed by atoms with Crippen molar-refractivity contribution in [2.45, 2.75) is 33.4 Å². The Kier molecular flexibility index (Phi) is 5.35. The Balaban J connectivity index is 3.15. The first-order valence-electron chi connectivity index (χ1n) is 6.89. The lowest BCUT2D eigenvalue weighted by atomic mass is 9.84. The number of carboxylic acid groups (broad SMARTS) is 1. The lowest BCUT2D eigenvalue weighted by Gasteiger charge is -2.38. The molecule has 0 aliphatic heterocycles. The molecule has 0 spiro atoms. The monoisotopic (exact) mass is 292 g/mol. The second-order valence-electron chi connectivity index (χ2n) is 6.40. The van der Waals surface area contributed by atoms with E-state index in [0.717, 1.165) is 5.56 Å². The predicted octanol–water partition coefficient (Wildman–Crippen LogP) is 2.67. The fourth-order valence-electron chi connectivity index (χ4n) is 2.27. The van der Waals surface area contributed by atoms with Gasteiger partial charge in [0.1, 0.15) is 6.04 Å². The van der Waals surface area contributed by atoms with E-state index >= 15 is 0 Å². The van der Waals surface area contributed by atoms with Crippen molar-refractivity contribution in [2.24, 2.45) is 5.41 Å². The summed E-state index contributed by atoms with van der Waals surface area (Å²) in [6, 6.07) is 8.57. The van der Waals surface area contributed by atoms with Gasteiger partial charge in [-0.2, -0.15) is 0 Å². The van der Waals surface area contributed by atoms with Gasteiger partial charge < -0.3 is 10.0 Å². The molecule has 0 fully saturated rings. The Morgan fingerprint density at radius 2 is 1.67 bits per heavy atom. The van der Waals surface area contributed by atoms with Crippen LogP contribution in [0, 0.1) is 5.41 Å². The van der Waals surface area contributed by atoms with Gasteiger partial charge in [-0.05, 0) is 11.0 Å². The van der Waals surface area contributed by atoms with E-state index in [-0.39, 0.29) is 12.5 Å². The molecule has 0 radical (unpaired) electrons. The van der Waals surface area contributed by atoms with Crippen molar-refractivity contribution in [3.05, 3.63) is 35.9 Å². The minimum atomic E-state index is -1.09. The van der Waals surface area contributed by atoms with Gasteiger partial charge >= 0.3 is 6.09 Å². The molecule has 0 aliphatic rings. The van der Waals surface area contributed by atoms with Crippen molar-refractivity contribution in [2.75, 3.05) is 14.1 Å². The Hall–Kier alpha value is -2.04. The predicted molar refractivity (Wildman–Crippen MR) is 81.9 cm³/mol. The highest BCUT2D eigenvalue weighted by Gasteiger charge is 2.39. The molecule has 0 aliphatic carbocycles. The van der Waals surface area contributed by atoms with Gasteiger partial charge in [0.15, 0.2) is 0 Å². The molecular formula is C16H24N2O3. The zero-order chi connectivity index (χ0) is 16.2. The second-order valence-corrected chi connectivity index (χ2v) is 6.40. The molecule has 2 amide bonds. The number of nitrogens with zero attached hydrogens (tertiary/aromatic N) is 2. The summed E-state index contributed by atoms with van der Waals surface area (Å²) in [7, 11) is 3.28. The van der Waals surface area contributed by atoms with Gasteiger partial charge in [0, 0.05) is 20.6 Å². The Bertz CT molecular complexity index is 492. The molecule has 1 N–H and O–H groups in total. The third kappa shape index (κ3) is 4.48. The molecule has 1 aromatic rings. The van der Waals surface area contributed by atoms with Gasteiger partial charge in [-0.25, -0.2) is 4.79 Å². The normalized spacial score (nSPS) is 12.6. The fourth-order valence-corrected chi connectivity index (χ4v) is 2.27. The average Bonchev–Trinajstić information content (AvgIpc) is 2.37. The molecule has 0 unspecified atom stereocenters. The number of hydrogen-bond donors (Lipinski definition) is 1. The Labute approximate surface area is 126 Å². The largest absolute Gasteiger partial charge is 0.465 e. The maximum atomic E-state index is 12.4. The number of likely N-dealkylation sites (N-methyl/N-ethyl adjacent to an activating group) is 1. The lowest BCUT2D eigenvalue weighted by molar-refractivity contribution is -0.137. The molecule has 21 heavy (non-hydrogen) atoms. The van der Waals surface area contributed by atoms with Gasteiger partial charge in [-0.1, -0.05) is 51.1 Å². The van der Waals surface area contributed by atoms with Gasteiger partial charge in [-0.15, -0.1) is 0 Å². The van der Waals surface area contributed by atoms with Crippen molar-refractivity contribution in [1.82, 2.24) is 9.80 Å². The van der Waals surface area contributed by atoms with Crippen molar-refractivity contribution in [3.63, 3.8) is 0 Å². The maximum absolute atomic E-state index is 12.4. The smallest absolute Gasteiger partial charge is 0.408 e. The van der Waals surface area contributed by atoms with Crippen LogP contribution in [0.2, 0.25) is 0 Å². The highest BCUT2D eigenvalue weighted by atomic mass is 16.4. The molecule has 5 heteroatoms. The Morgan fingerprint density at radius 1 is 1.14 bits per heavy atom. The number of carbonyl (C=O) groups is 2. The molecule has 116 valence electrons. The van der Waals surface area contributed by atoms with Crippen molar-refractivity contribution in [1.29, 1.82) is 0 Å². The summed E-state index contributed by atoms with van der Waals surface area (Å²) < 4.78 is 0. The number of hydrogen-bond acceptors (Lipinski definition) is 2. The molecule has 1 aromatic carbocycles. The van der Waals surface area contributed by atoms with E-state index in [0.29, 0.717) is 0 Å². The maximum Gasteiger partial charge on any atom is 0.408 e. The highest BCUT2D eigenvalue weighted by Crippen LogP contribution is 2.27. The van der Waals surface area contributed by atoms with Crippen molar-refractivity contribution >= 4 is 12.0 Å². The molecular weight excluding hydrogens is 268 g/mol. The summed E-state index contributed by atoms with van der Waals surface area (Å²) in [6.45, 7) is 5.82. The molecule has 1 atom stereocenters. The molecule has 0 bridgehead atoms. The van der Waals surface area contributed by atoms with E-state index in [1.807, 2.05) is 51.1 Å². The van der Waals surface area contributed by atoms with Crippen molar-refractivity contribution in [3.8, 4) is 0 Å². The average molecular weight is 292 g/mol. The third-order valence-corrected chi connectivity index (χ3v) is 3.25. The summed E-state index contributed by atoms with van der Waals surface area (Å²) in [5.41, 5.74) is 0.370. The summed E-state index contributed by atoms with van der Waals surface area (Å²) >= 11 is 0. The first-order chi connectivity index (χ1) is 9.64. The third-order valence-electron chi connectivity index (χ3n) is 3.25. The van der Waals surface area contributed by atoms with E-state index in [9.17, 15) is 14.7 Å².